The normalized spacial score (nSPS) is 12.5. The number of hydrogen-bond donors (Lipinski definition) is 2. The Morgan fingerprint density at radius 3 is 2.41 bits per heavy atom. The Morgan fingerprint density at radius 1 is 1.24 bits per heavy atom. The van der Waals surface area contributed by atoms with E-state index in [0.29, 0.717) is 0 Å². The topological polar surface area (TPSA) is 150 Å². The van der Waals surface area contributed by atoms with Gasteiger partial charge in [-0.1, -0.05) is 0 Å². The molecule has 0 fully saturated rings. The number of halogens is 3. The molecule has 17 heteroatoms. The summed E-state index contributed by atoms with van der Waals surface area (Å²) in [5.74, 6) is -0.377. The van der Waals surface area contributed by atoms with Crippen LogP contribution in [0.4, 0.5) is 23.9 Å². The number of thiazole rings is 1. The minimum absolute atomic E-state index is 0.205. The molecule has 0 saturated heterocycles. The second kappa shape index (κ2) is 9.03. The number of anilines is 1. The summed E-state index contributed by atoms with van der Waals surface area (Å²) in [5.41, 5.74) is 0. The molecule has 2 amide bonds. The van der Waals surface area contributed by atoms with Crippen molar-refractivity contribution in [3.63, 3.8) is 0 Å². The number of nitrogens with one attached hydrogen (secondary N) is 2. The standard InChI is InChI=1S/C12H14F3N7O5S2/c1-26-9-17-7(18-10(19-9)27-2)16-8(23)20-29(24,25)21-11-22(5-6-28-11)4-3-12(13,14)15/h5-6H,3-4H2,1-2H3,(H2,16,17,18,19,20,23)/b21-11+. The molecule has 0 radical (unpaired) electrons. The molecule has 2 rings (SSSR count). The highest BCUT2D eigenvalue weighted by Gasteiger charge is 2.26. The van der Waals surface area contributed by atoms with Gasteiger partial charge in [-0.15, -0.1) is 20.7 Å². The Morgan fingerprint density at radius 2 is 1.86 bits per heavy atom. The average Bonchev–Trinajstić information content (AvgIpc) is 3.04. The molecule has 0 bridgehead atoms. The molecule has 0 spiro atoms. The average molecular weight is 457 g/mol. The Kier molecular flexibility index (Phi) is 6.96. The molecule has 29 heavy (non-hydrogen) atoms. The fraction of sp³-hybridized carbons (Fsp3) is 0.417. The van der Waals surface area contributed by atoms with Crippen LogP contribution in [0.15, 0.2) is 16.0 Å². The van der Waals surface area contributed by atoms with Crippen molar-refractivity contribution in [2.75, 3.05) is 19.5 Å². The molecular weight excluding hydrogens is 443 g/mol. The highest BCUT2D eigenvalue weighted by atomic mass is 32.2. The van der Waals surface area contributed by atoms with Gasteiger partial charge in [0.2, 0.25) is 10.7 Å². The molecule has 2 heterocycles. The van der Waals surface area contributed by atoms with Gasteiger partial charge in [0.25, 0.3) is 0 Å². The summed E-state index contributed by atoms with van der Waals surface area (Å²) in [6, 6.07) is -1.68. The number of methoxy groups -OCH3 is 2. The Hall–Kier alpha value is -2.95. The molecule has 160 valence electrons. The Balaban J connectivity index is 2.13. The Labute approximate surface area is 165 Å². The lowest BCUT2D eigenvalue weighted by Gasteiger charge is -2.07. The van der Waals surface area contributed by atoms with Crippen LogP contribution in [0.25, 0.3) is 0 Å². The summed E-state index contributed by atoms with van der Waals surface area (Å²) in [5, 5.41) is 3.38. The molecule has 2 N–H and O–H groups in total. The van der Waals surface area contributed by atoms with E-state index < -0.39 is 35.4 Å². The van der Waals surface area contributed by atoms with Crippen molar-refractivity contribution in [2.24, 2.45) is 4.40 Å². The van der Waals surface area contributed by atoms with E-state index in [1.165, 1.54) is 25.8 Å². The predicted molar refractivity (Wildman–Crippen MR) is 92.5 cm³/mol. The van der Waals surface area contributed by atoms with Crippen molar-refractivity contribution in [3.05, 3.63) is 16.4 Å². The van der Waals surface area contributed by atoms with E-state index in [9.17, 15) is 26.4 Å². The predicted octanol–water partition coefficient (Wildman–Crippen LogP) is 0.671. The van der Waals surface area contributed by atoms with Gasteiger partial charge in [-0.05, 0) is 0 Å². The molecule has 2 aromatic heterocycles. The van der Waals surface area contributed by atoms with Crippen LogP contribution in [0.3, 0.4) is 0 Å². The zero-order chi connectivity index (χ0) is 21.7. The molecule has 12 nitrogen and oxygen atoms in total. The van der Waals surface area contributed by atoms with E-state index in [1.807, 2.05) is 5.32 Å². The highest BCUT2D eigenvalue weighted by Crippen LogP contribution is 2.19. The van der Waals surface area contributed by atoms with Crippen LogP contribution < -0.4 is 24.3 Å². The van der Waals surface area contributed by atoms with E-state index in [2.05, 4.69) is 19.3 Å². The van der Waals surface area contributed by atoms with Crippen LogP contribution in [0.5, 0.6) is 12.0 Å². The number of aromatic nitrogens is 4. The van der Waals surface area contributed by atoms with Crippen LogP contribution in [-0.2, 0) is 16.8 Å². The van der Waals surface area contributed by atoms with Crippen molar-refractivity contribution >= 4 is 33.5 Å². The van der Waals surface area contributed by atoms with E-state index in [0.717, 1.165) is 15.9 Å². The second-order valence-electron chi connectivity index (χ2n) is 5.00. The van der Waals surface area contributed by atoms with Crippen LogP contribution in [0, 0.1) is 0 Å². The lowest BCUT2D eigenvalue weighted by atomic mass is 10.4. The van der Waals surface area contributed by atoms with Gasteiger partial charge in [-0.2, -0.15) is 31.6 Å². The van der Waals surface area contributed by atoms with Gasteiger partial charge < -0.3 is 14.0 Å². The summed E-state index contributed by atoms with van der Waals surface area (Å²) in [7, 11) is -2.10. The van der Waals surface area contributed by atoms with Crippen molar-refractivity contribution in [3.8, 4) is 12.0 Å². The van der Waals surface area contributed by atoms with Gasteiger partial charge in [-0.25, -0.2) is 9.52 Å². The smallest absolute Gasteiger partial charge is 0.390 e. The summed E-state index contributed by atoms with van der Waals surface area (Å²) in [4.78, 5) is 22.7. The number of aryl methyl sites for hydroxylation is 1. The first-order valence-electron chi connectivity index (χ1n) is 7.46. The summed E-state index contributed by atoms with van der Waals surface area (Å²) in [6.07, 6.45) is -4.35. The van der Waals surface area contributed by atoms with Gasteiger partial charge in [0.15, 0.2) is 0 Å². The highest BCUT2D eigenvalue weighted by molar-refractivity contribution is 7.88. The van der Waals surface area contributed by atoms with Gasteiger partial charge >= 0.3 is 34.4 Å². The van der Waals surface area contributed by atoms with Crippen molar-refractivity contribution in [1.82, 2.24) is 24.2 Å². The lowest BCUT2D eigenvalue weighted by Crippen LogP contribution is -2.35. The number of amides is 2. The Bertz CT molecular complexity index is 1010. The SMILES string of the molecule is COc1nc(NC(=O)NS(=O)(=O)/N=c2/sccn2CCC(F)(F)F)nc(OC)n1. The van der Waals surface area contributed by atoms with Crippen LogP contribution >= 0.6 is 11.3 Å². The summed E-state index contributed by atoms with van der Waals surface area (Å²) in [6.45, 7) is -0.530. The molecule has 0 saturated carbocycles. The van der Waals surface area contributed by atoms with Crippen molar-refractivity contribution in [2.45, 2.75) is 19.1 Å². The number of nitrogens with zero attached hydrogens (tertiary/aromatic N) is 5. The lowest BCUT2D eigenvalue weighted by molar-refractivity contribution is -0.136. The molecule has 0 atom stereocenters. The zero-order valence-electron chi connectivity index (χ0n) is 14.8. The summed E-state index contributed by atoms with van der Waals surface area (Å²) >= 11 is 0.780. The first-order chi connectivity index (χ1) is 13.5. The number of carbonyl (C=O) groups excluding carboxylic acids is 1. The third kappa shape index (κ3) is 7.18. The molecular formula is C12H14F3N7O5S2. The van der Waals surface area contributed by atoms with Gasteiger partial charge in [-0.3, -0.25) is 5.32 Å². The molecule has 0 aliphatic heterocycles. The molecule has 2 aromatic rings. The van der Waals surface area contributed by atoms with E-state index in [-0.39, 0.29) is 22.8 Å². The number of hydrogen-bond acceptors (Lipinski definition) is 9. The van der Waals surface area contributed by atoms with Crippen molar-refractivity contribution < 1.29 is 35.9 Å². The monoisotopic (exact) mass is 457 g/mol. The summed E-state index contributed by atoms with van der Waals surface area (Å²) < 4.78 is 76.5. The molecule has 0 aliphatic rings. The molecule has 0 unspecified atom stereocenters. The van der Waals surface area contributed by atoms with Crippen LogP contribution in [-0.4, -0.2) is 54.4 Å². The van der Waals surface area contributed by atoms with E-state index >= 15 is 0 Å². The number of ether oxygens (including phenoxy) is 2. The van der Waals surface area contributed by atoms with Crippen LogP contribution in [0.2, 0.25) is 0 Å². The number of carbonyl (C=O) groups is 1. The largest absolute Gasteiger partial charge is 0.467 e. The number of rotatable bonds is 7. The van der Waals surface area contributed by atoms with Gasteiger partial charge in [0.05, 0.1) is 20.6 Å². The maximum atomic E-state index is 12.3. The number of alkyl halides is 3. The maximum Gasteiger partial charge on any atom is 0.390 e. The van der Waals surface area contributed by atoms with Crippen molar-refractivity contribution in [1.29, 1.82) is 0 Å². The minimum atomic E-state index is -4.59. The molecule has 0 aromatic carbocycles. The second-order valence-corrected chi connectivity index (χ2v) is 7.21. The van der Waals surface area contributed by atoms with E-state index in [4.69, 9.17) is 9.47 Å². The minimum Gasteiger partial charge on any atom is -0.467 e. The first-order valence-corrected chi connectivity index (χ1v) is 9.78. The zero-order valence-corrected chi connectivity index (χ0v) is 16.4. The fourth-order valence-corrected chi connectivity index (χ4v) is 3.46. The maximum absolute atomic E-state index is 12.3. The fourth-order valence-electron chi connectivity index (χ4n) is 1.73. The third-order valence-electron chi connectivity index (χ3n) is 2.90. The van der Waals surface area contributed by atoms with Gasteiger partial charge in [0, 0.05) is 18.1 Å². The quantitative estimate of drug-likeness (QED) is 0.616. The van der Waals surface area contributed by atoms with Gasteiger partial charge in [0.1, 0.15) is 0 Å². The van der Waals surface area contributed by atoms with E-state index in [1.54, 1.807) is 4.72 Å². The molecule has 0 aliphatic carbocycles. The third-order valence-corrected chi connectivity index (χ3v) is 4.67. The van der Waals surface area contributed by atoms with Crippen LogP contribution in [0.1, 0.15) is 6.42 Å². The number of urea groups is 1. The first kappa shape index (κ1) is 22.3.